The molecular formula is C23H25N5O. The summed E-state index contributed by atoms with van der Waals surface area (Å²) in [6.07, 6.45) is 6.91. The quantitative estimate of drug-likeness (QED) is 0.705. The lowest BCUT2D eigenvalue weighted by atomic mass is 10.2. The fraction of sp³-hybridized carbons (Fsp3) is 0.261. The van der Waals surface area contributed by atoms with E-state index in [1.165, 1.54) is 5.56 Å². The number of benzene rings is 1. The average molecular weight is 387 g/mol. The lowest BCUT2D eigenvalue weighted by Crippen LogP contribution is -2.46. The molecule has 0 spiro atoms. The van der Waals surface area contributed by atoms with Gasteiger partial charge in [-0.2, -0.15) is 0 Å². The number of anilines is 1. The Morgan fingerprint density at radius 1 is 0.897 bits per heavy atom. The minimum absolute atomic E-state index is 0.112. The Morgan fingerprint density at radius 3 is 2.41 bits per heavy atom. The highest BCUT2D eigenvalue weighted by atomic mass is 16.1. The Bertz CT molecular complexity index is 924. The summed E-state index contributed by atoms with van der Waals surface area (Å²) < 4.78 is 0. The molecule has 6 nitrogen and oxygen atoms in total. The molecule has 1 aliphatic rings. The first-order chi connectivity index (χ1) is 14.3. The maximum absolute atomic E-state index is 12.5. The van der Waals surface area contributed by atoms with E-state index >= 15 is 0 Å². The van der Waals surface area contributed by atoms with Gasteiger partial charge >= 0.3 is 0 Å². The zero-order valence-corrected chi connectivity index (χ0v) is 16.4. The molecule has 1 fully saturated rings. The molecule has 0 aliphatic carbocycles. The second-order valence-corrected chi connectivity index (χ2v) is 7.22. The zero-order chi connectivity index (χ0) is 19.9. The van der Waals surface area contributed by atoms with Crippen LogP contribution in [0.25, 0.3) is 0 Å². The van der Waals surface area contributed by atoms with Crippen LogP contribution in [0.2, 0.25) is 0 Å². The smallest absolute Gasteiger partial charge is 0.253 e. The Hall–Kier alpha value is -3.25. The van der Waals surface area contributed by atoms with Crippen LogP contribution in [0.1, 0.15) is 21.5 Å². The Kier molecular flexibility index (Phi) is 6.12. The molecule has 4 rings (SSSR count). The van der Waals surface area contributed by atoms with Gasteiger partial charge in [0.25, 0.3) is 5.91 Å². The molecule has 1 saturated heterocycles. The number of carbonyl (C=O) groups is 1. The van der Waals surface area contributed by atoms with Crippen molar-refractivity contribution in [1.82, 2.24) is 20.2 Å². The van der Waals surface area contributed by atoms with Crippen LogP contribution >= 0.6 is 0 Å². The summed E-state index contributed by atoms with van der Waals surface area (Å²) in [6.45, 7) is 5.29. The molecule has 29 heavy (non-hydrogen) atoms. The number of hydrogen-bond donors (Lipinski definition) is 1. The molecule has 0 atom stereocenters. The van der Waals surface area contributed by atoms with Crippen molar-refractivity contribution in [2.45, 2.75) is 13.1 Å². The lowest BCUT2D eigenvalue weighted by Gasteiger charge is -2.36. The van der Waals surface area contributed by atoms with Gasteiger partial charge < -0.3 is 10.2 Å². The third kappa shape index (κ3) is 5.18. The van der Waals surface area contributed by atoms with Crippen LogP contribution in [0.15, 0.2) is 73.3 Å². The van der Waals surface area contributed by atoms with Crippen molar-refractivity contribution in [3.63, 3.8) is 0 Å². The molecule has 148 valence electrons. The van der Waals surface area contributed by atoms with E-state index in [-0.39, 0.29) is 5.91 Å². The normalized spacial score (nSPS) is 14.6. The molecule has 1 aromatic carbocycles. The minimum atomic E-state index is -0.112. The first kappa shape index (κ1) is 19.1. The van der Waals surface area contributed by atoms with Gasteiger partial charge in [-0.1, -0.05) is 30.3 Å². The third-order valence-electron chi connectivity index (χ3n) is 5.17. The van der Waals surface area contributed by atoms with E-state index in [9.17, 15) is 4.79 Å². The van der Waals surface area contributed by atoms with Gasteiger partial charge in [0.05, 0.1) is 17.4 Å². The lowest BCUT2D eigenvalue weighted by molar-refractivity contribution is 0.0950. The van der Waals surface area contributed by atoms with Gasteiger partial charge in [0.15, 0.2) is 0 Å². The van der Waals surface area contributed by atoms with E-state index in [0.29, 0.717) is 12.1 Å². The highest BCUT2D eigenvalue weighted by Gasteiger charge is 2.18. The summed E-state index contributed by atoms with van der Waals surface area (Å²) in [5.41, 5.74) is 3.95. The van der Waals surface area contributed by atoms with Crippen molar-refractivity contribution >= 4 is 11.6 Å². The number of rotatable bonds is 6. The standard InChI is InChI=1S/C23H25N5O/c29-23(26-15-19-6-8-24-9-7-19)21-14-22(17-25-16-21)28-12-10-27(11-13-28)18-20-4-2-1-3-5-20/h1-9,14,16-17H,10-13,15,18H2,(H,26,29). The molecule has 2 aromatic heterocycles. The second kappa shape index (κ2) is 9.30. The monoisotopic (exact) mass is 387 g/mol. The number of nitrogens with zero attached hydrogens (tertiary/aromatic N) is 4. The molecular weight excluding hydrogens is 362 g/mol. The van der Waals surface area contributed by atoms with Crippen LogP contribution in [-0.4, -0.2) is 47.0 Å². The number of piperazine rings is 1. The average Bonchev–Trinajstić information content (AvgIpc) is 2.79. The van der Waals surface area contributed by atoms with Crippen molar-refractivity contribution in [3.05, 3.63) is 90.0 Å². The van der Waals surface area contributed by atoms with Crippen LogP contribution in [0.4, 0.5) is 5.69 Å². The van der Waals surface area contributed by atoms with E-state index < -0.39 is 0 Å². The number of hydrogen-bond acceptors (Lipinski definition) is 5. The zero-order valence-electron chi connectivity index (χ0n) is 16.4. The fourth-order valence-corrected chi connectivity index (χ4v) is 3.52. The van der Waals surface area contributed by atoms with Crippen molar-refractivity contribution in [1.29, 1.82) is 0 Å². The van der Waals surface area contributed by atoms with Crippen LogP contribution in [-0.2, 0) is 13.1 Å². The number of carbonyl (C=O) groups excluding carboxylic acids is 1. The molecule has 3 heterocycles. The van der Waals surface area contributed by atoms with Crippen LogP contribution in [0.5, 0.6) is 0 Å². The van der Waals surface area contributed by atoms with Crippen molar-refractivity contribution in [2.75, 3.05) is 31.1 Å². The third-order valence-corrected chi connectivity index (χ3v) is 5.17. The molecule has 1 aliphatic heterocycles. The molecule has 0 radical (unpaired) electrons. The molecule has 3 aromatic rings. The molecule has 1 N–H and O–H groups in total. The molecule has 0 unspecified atom stereocenters. The van der Waals surface area contributed by atoms with E-state index in [4.69, 9.17) is 0 Å². The Balaban J connectivity index is 1.32. The summed E-state index contributed by atoms with van der Waals surface area (Å²) in [7, 11) is 0. The van der Waals surface area contributed by atoms with Gasteiger partial charge in [-0.15, -0.1) is 0 Å². The summed E-state index contributed by atoms with van der Waals surface area (Å²) in [5, 5.41) is 2.95. The molecule has 0 saturated carbocycles. The van der Waals surface area contributed by atoms with Crippen molar-refractivity contribution < 1.29 is 4.79 Å². The Morgan fingerprint density at radius 2 is 1.66 bits per heavy atom. The van der Waals surface area contributed by atoms with Crippen molar-refractivity contribution in [3.8, 4) is 0 Å². The number of nitrogens with one attached hydrogen (secondary N) is 1. The number of pyridine rings is 2. The van der Waals surface area contributed by atoms with Crippen molar-refractivity contribution in [2.24, 2.45) is 0 Å². The topological polar surface area (TPSA) is 61.4 Å². The maximum Gasteiger partial charge on any atom is 0.253 e. The van der Waals surface area contributed by atoms with E-state index in [0.717, 1.165) is 44.0 Å². The first-order valence-electron chi connectivity index (χ1n) is 9.91. The van der Waals surface area contributed by atoms with Gasteiger partial charge in [0.1, 0.15) is 0 Å². The molecule has 1 amide bonds. The number of amides is 1. The summed E-state index contributed by atoms with van der Waals surface area (Å²) in [6, 6.07) is 16.3. The first-order valence-corrected chi connectivity index (χ1v) is 9.91. The summed E-state index contributed by atoms with van der Waals surface area (Å²) in [5.74, 6) is -0.112. The summed E-state index contributed by atoms with van der Waals surface area (Å²) in [4.78, 5) is 25.6. The van der Waals surface area contributed by atoms with Crippen LogP contribution in [0, 0.1) is 0 Å². The molecule has 0 bridgehead atoms. The van der Waals surface area contributed by atoms with Crippen LogP contribution < -0.4 is 10.2 Å². The molecule has 6 heteroatoms. The van der Waals surface area contributed by atoms with Gasteiger partial charge in [-0.25, -0.2) is 0 Å². The largest absolute Gasteiger partial charge is 0.368 e. The summed E-state index contributed by atoms with van der Waals surface area (Å²) >= 11 is 0. The van der Waals surface area contributed by atoms with E-state index in [2.05, 4.69) is 55.4 Å². The highest BCUT2D eigenvalue weighted by Crippen LogP contribution is 2.18. The van der Waals surface area contributed by atoms with Gasteiger partial charge in [0.2, 0.25) is 0 Å². The predicted molar refractivity (Wildman–Crippen MR) is 114 cm³/mol. The highest BCUT2D eigenvalue weighted by molar-refractivity contribution is 5.94. The Labute approximate surface area is 171 Å². The maximum atomic E-state index is 12.5. The second-order valence-electron chi connectivity index (χ2n) is 7.22. The predicted octanol–water partition coefficient (Wildman–Crippen LogP) is 2.73. The van der Waals surface area contributed by atoms with E-state index in [1.54, 1.807) is 18.6 Å². The van der Waals surface area contributed by atoms with Gasteiger partial charge in [-0.3, -0.25) is 19.7 Å². The van der Waals surface area contributed by atoms with Gasteiger partial charge in [-0.05, 0) is 29.3 Å². The minimum Gasteiger partial charge on any atom is -0.368 e. The van der Waals surface area contributed by atoms with Gasteiger partial charge in [0, 0.05) is 57.9 Å². The van der Waals surface area contributed by atoms with Crippen LogP contribution in [0.3, 0.4) is 0 Å². The number of aromatic nitrogens is 2. The SMILES string of the molecule is O=C(NCc1ccncc1)c1cncc(N2CCN(Cc3ccccc3)CC2)c1. The fourth-order valence-electron chi connectivity index (χ4n) is 3.52. The van der Waals surface area contributed by atoms with E-state index in [1.807, 2.05) is 24.4 Å².